The number of aryl methyl sites for hydroxylation is 1. The van der Waals surface area contributed by atoms with Crippen molar-refractivity contribution in [3.05, 3.63) is 24.3 Å². The van der Waals surface area contributed by atoms with Crippen molar-refractivity contribution in [2.45, 2.75) is 26.3 Å². The summed E-state index contributed by atoms with van der Waals surface area (Å²) < 4.78 is 7.15. The smallest absolute Gasteiger partial charge is 0.303 e. The largest absolute Gasteiger partial charge is 0.493 e. The van der Waals surface area contributed by atoms with Crippen molar-refractivity contribution in [2.75, 3.05) is 6.61 Å². The van der Waals surface area contributed by atoms with Crippen LogP contribution < -0.4 is 4.74 Å². The third-order valence-electron chi connectivity index (χ3n) is 2.72. The lowest BCUT2D eigenvalue weighted by molar-refractivity contribution is -0.137. The summed E-state index contributed by atoms with van der Waals surface area (Å²) in [4.78, 5) is 10.5. The van der Waals surface area contributed by atoms with Gasteiger partial charge in [-0.3, -0.25) is 4.79 Å². The highest BCUT2D eigenvalue weighted by Gasteiger charge is 2.13. The van der Waals surface area contributed by atoms with E-state index in [0.717, 1.165) is 5.56 Å². The number of carboxylic acids is 1. The minimum atomic E-state index is -0.825. The van der Waals surface area contributed by atoms with Crippen LogP contribution in [0.1, 0.15) is 19.8 Å². The number of aliphatic carboxylic acids is 1. The zero-order valence-corrected chi connectivity index (χ0v) is 11.2. The van der Waals surface area contributed by atoms with Crippen LogP contribution in [-0.2, 0) is 11.3 Å². The molecule has 2 rings (SSSR count). The zero-order valence-electron chi connectivity index (χ0n) is 11.2. The molecule has 0 aliphatic rings. The van der Waals surface area contributed by atoms with Crippen molar-refractivity contribution in [3.8, 4) is 17.1 Å². The Hall–Kier alpha value is -2.44. The minimum Gasteiger partial charge on any atom is -0.493 e. The fourth-order valence-corrected chi connectivity index (χ4v) is 1.86. The average molecular weight is 276 g/mol. The van der Waals surface area contributed by atoms with Crippen molar-refractivity contribution in [1.29, 1.82) is 0 Å². The number of hydrogen-bond donors (Lipinski definition) is 1. The molecule has 0 bridgehead atoms. The lowest BCUT2D eigenvalue weighted by Gasteiger charge is -2.09. The predicted octanol–water partition coefficient (Wildman–Crippen LogP) is 1.60. The van der Waals surface area contributed by atoms with Crippen LogP contribution in [-0.4, -0.2) is 37.9 Å². The van der Waals surface area contributed by atoms with Gasteiger partial charge in [-0.2, -0.15) is 0 Å². The van der Waals surface area contributed by atoms with Crippen LogP contribution in [0, 0.1) is 0 Å². The van der Waals surface area contributed by atoms with Crippen molar-refractivity contribution in [2.24, 2.45) is 0 Å². The quantitative estimate of drug-likeness (QED) is 0.826. The van der Waals surface area contributed by atoms with E-state index in [2.05, 4.69) is 15.5 Å². The zero-order chi connectivity index (χ0) is 14.4. The Morgan fingerprint density at radius 1 is 1.40 bits per heavy atom. The van der Waals surface area contributed by atoms with Crippen molar-refractivity contribution < 1.29 is 14.6 Å². The van der Waals surface area contributed by atoms with Crippen LogP contribution >= 0.6 is 0 Å². The first kappa shape index (κ1) is 14.0. The SMILES string of the molecule is CCOc1ccccc1-c1nnnn1CCCC(=O)O. The highest BCUT2D eigenvalue weighted by Crippen LogP contribution is 2.27. The standard InChI is InChI=1S/C13H16N4O3/c1-2-20-11-7-4-3-6-10(11)13-14-15-16-17(13)9-5-8-12(18)19/h3-4,6-7H,2,5,8-9H2,1H3,(H,18,19). The number of hydrogen-bond acceptors (Lipinski definition) is 5. The maximum atomic E-state index is 10.5. The second kappa shape index (κ2) is 6.65. The maximum Gasteiger partial charge on any atom is 0.303 e. The number of carboxylic acid groups (broad SMARTS) is 1. The Labute approximate surface area is 116 Å². The molecule has 1 aromatic heterocycles. The Morgan fingerprint density at radius 3 is 2.95 bits per heavy atom. The number of nitrogens with zero attached hydrogens (tertiary/aromatic N) is 4. The van der Waals surface area contributed by atoms with Gasteiger partial charge in [-0.1, -0.05) is 12.1 Å². The number of para-hydroxylation sites is 1. The number of carbonyl (C=O) groups is 1. The second-order valence-corrected chi connectivity index (χ2v) is 4.15. The Balaban J connectivity index is 2.21. The molecular weight excluding hydrogens is 260 g/mol. The van der Waals surface area contributed by atoms with Crippen LogP contribution in [0.15, 0.2) is 24.3 Å². The molecule has 0 spiro atoms. The van der Waals surface area contributed by atoms with Gasteiger partial charge >= 0.3 is 5.97 Å². The van der Waals surface area contributed by atoms with Crippen LogP contribution in [0.25, 0.3) is 11.4 Å². The summed E-state index contributed by atoms with van der Waals surface area (Å²) in [5.74, 6) is 0.470. The number of tetrazole rings is 1. The molecule has 0 saturated heterocycles. The van der Waals surface area contributed by atoms with Gasteiger partial charge in [0.1, 0.15) is 5.75 Å². The normalized spacial score (nSPS) is 10.4. The Morgan fingerprint density at radius 2 is 2.20 bits per heavy atom. The van der Waals surface area contributed by atoms with Gasteiger partial charge in [0.15, 0.2) is 5.82 Å². The average Bonchev–Trinajstić information content (AvgIpc) is 2.88. The Bertz CT molecular complexity index is 583. The predicted molar refractivity (Wildman–Crippen MR) is 71.3 cm³/mol. The van der Waals surface area contributed by atoms with Gasteiger partial charge in [-0.05, 0) is 35.9 Å². The molecule has 1 heterocycles. The molecule has 0 unspecified atom stereocenters. The maximum absolute atomic E-state index is 10.5. The number of rotatable bonds is 7. The molecule has 0 saturated carbocycles. The van der Waals surface area contributed by atoms with Gasteiger partial charge in [0.2, 0.25) is 0 Å². The van der Waals surface area contributed by atoms with E-state index >= 15 is 0 Å². The van der Waals surface area contributed by atoms with E-state index in [4.69, 9.17) is 9.84 Å². The molecule has 0 fully saturated rings. The highest BCUT2D eigenvalue weighted by molar-refractivity contribution is 5.66. The number of benzene rings is 1. The molecule has 106 valence electrons. The highest BCUT2D eigenvalue weighted by atomic mass is 16.5. The van der Waals surface area contributed by atoms with E-state index < -0.39 is 5.97 Å². The molecule has 1 N–H and O–H groups in total. The van der Waals surface area contributed by atoms with Crippen molar-refractivity contribution in [3.63, 3.8) is 0 Å². The molecule has 0 aliphatic carbocycles. The fourth-order valence-electron chi connectivity index (χ4n) is 1.86. The van der Waals surface area contributed by atoms with E-state index in [0.29, 0.717) is 31.1 Å². The van der Waals surface area contributed by atoms with Crippen LogP contribution in [0.2, 0.25) is 0 Å². The lowest BCUT2D eigenvalue weighted by Crippen LogP contribution is -2.06. The summed E-state index contributed by atoms with van der Waals surface area (Å²) in [7, 11) is 0. The van der Waals surface area contributed by atoms with E-state index in [9.17, 15) is 4.79 Å². The second-order valence-electron chi connectivity index (χ2n) is 4.15. The molecule has 1 aromatic carbocycles. The molecule has 2 aromatic rings. The number of ether oxygens (including phenoxy) is 1. The van der Waals surface area contributed by atoms with Gasteiger partial charge in [0, 0.05) is 13.0 Å². The van der Waals surface area contributed by atoms with Gasteiger partial charge < -0.3 is 9.84 Å². The fraction of sp³-hybridized carbons (Fsp3) is 0.385. The topological polar surface area (TPSA) is 90.1 Å². The van der Waals surface area contributed by atoms with E-state index in [1.54, 1.807) is 4.68 Å². The van der Waals surface area contributed by atoms with E-state index in [1.165, 1.54) is 0 Å². The minimum absolute atomic E-state index is 0.0897. The molecule has 7 nitrogen and oxygen atoms in total. The van der Waals surface area contributed by atoms with Gasteiger partial charge in [0.25, 0.3) is 0 Å². The summed E-state index contributed by atoms with van der Waals surface area (Å²) in [5, 5.41) is 20.2. The van der Waals surface area contributed by atoms with Crippen LogP contribution in [0.5, 0.6) is 5.75 Å². The summed E-state index contributed by atoms with van der Waals surface area (Å²) >= 11 is 0. The summed E-state index contributed by atoms with van der Waals surface area (Å²) in [6.07, 6.45) is 0.566. The van der Waals surface area contributed by atoms with Gasteiger partial charge in [-0.15, -0.1) is 5.10 Å². The molecule has 0 atom stereocenters. The molecule has 7 heteroatoms. The first-order chi connectivity index (χ1) is 9.72. The van der Waals surface area contributed by atoms with E-state index in [1.807, 2.05) is 31.2 Å². The summed E-state index contributed by atoms with van der Waals surface area (Å²) in [6, 6.07) is 7.50. The summed E-state index contributed by atoms with van der Waals surface area (Å²) in [6.45, 7) is 2.92. The van der Waals surface area contributed by atoms with E-state index in [-0.39, 0.29) is 6.42 Å². The number of aromatic nitrogens is 4. The third-order valence-corrected chi connectivity index (χ3v) is 2.72. The van der Waals surface area contributed by atoms with Gasteiger partial charge in [0.05, 0.1) is 12.2 Å². The molecular formula is C13H16N4O3. The molecule has 0 aliphatic heterocycles. The molecule has 0 radical (unpaired) electrons. The van der Waals surface area contributed by atoms with Crippen LogP contribution in [0.3, 0.4) is 0 Å². The molecule has 0 amide bonds. The van der Waals surface area contributed by atoms with Crippen LogP contribution in [0.4, 0.5) is 0 Å². The first-order valence-corrected chi connectivity index (χ1v) is 6.42. The summed E-state index contributed by atoms with van der Waals surface area (Å²) in [5.41, 5.74) is 0.801. The Kier molecular flexibility index (Phi) is 4.65. The third kappa shape index (κ3) is 3.31. The first-order valence-electron chi connectivity index (χ1n) is 6.42. The van der Waals surface area contributed by atoms with Crippen molar-refractivity contribution >= 4 is 5.97 Å². The van der Waals surface area contributed by atoms with Crippen molar-refractivity contribution in [1.82, 2.24) is 20.2 Å². The lowest BCUT2D eigenvalue weighted by atomic mass is 10.2. The molecule has 20 heavy (non-hydrogen) atoms. The van der Waals surface area contributed by atoms with Gasteiger partial charge in [-0.25, -0.2) is 4.68 Å². The monoisotopic (exact) mass is 276 g/mol.